The summed E-state index contributed by atoms with van der Waals surface area (Å²) in [5.74, 6) is -0.127. The van der Waals surface area contributed by atoms with Crippen molar-refractivity contribution >= 4 is 0 Å². The van der Waals surface area contributed by atoms with Gasteiger partial charge in [0.2, 0.25) is 0 Å². The Hall–Kier alpha value is -0.930. The summed E-state index contributed by atoms with van der Waals surface area (Å²) >= 11 is 0. The van der Waals surface area contributed by atoms with Crippen molar-refractivity contribution in [2.45, 2.75) is 19.1 Å². The van der Waals surface area contributed by atoms with Crippen LogP contribution in [0.3, 0.4) is 0 Å². The van der Waals surface area contributed by atoms with E-state index in [1.807, 2.05) is 6.07 Å². The van der Waals surface area contributed by atoms with Crippen molar-refractivity contribution in [3.8, 4) is 0 Å². The van der Waals surface area contributed by atoms with Crippen LogP contribution in [-0.4, -0.2) is 30.7 Å². The first kappa shape index (κ1) is 9.31. The molecule has 0 amide bonds. The highest BCUT2D eigenvalue weighted by Gasteiger charge is 2.27. The Morgan fingerprint density at radius 1 is 1.40 bits per heavy atom. The third kappa shape index (κ3) is 2.03. The van der Waals surface area contributed by atoms with Crippen molar-refractivity contribution in [3.05, 3.63) is 35.1 Å². The lowest BCUT2D eigenvalue weighted by Crippen LogP contribution is -2.33. The summed E-state index contributed by atoms with van der Waals surface area (Å²) in [5, 5.41) is 0. The number of nitrogens with zero attached hydrogens (tertiary/aromatic N) is 1. The van der Waals surface area contributed by atoms with Crippen molar-refractivity contribution in [2.24, 2.45) is 0 Å². The second-order valence-electron chi connectivity index (χ2n) is 4.35. The summed E-state index contributed by atoms with van der Waals surface area (Å²) in [5.41, 5.74) is 2.44. The van der Waals surface area contributed by atoms with Crippen LogP contribution in [0.2, 0.25) is 0 Å². The number of hydrogen-bond acceptors (Lipinski definition) is 2. The molecule has 0 N–H and O–H groups in total. The maximum Gasteiger partial charge on any atom is 0.123 e. The standard InChI is InChI=1S/C12H14FNO/c13-11-2-1-9-3-4-14(6-10(9)5-11)7-12-8-15-12/h1-2,5,12H,3-4,6-8H2/t12-/m1/s1. The van der Waals surface area contributed by atoms with Crippen LogP contribution < -0.4 is 0 Å². The Bertz CT molecular complexity index is 376. The number of ether oxygens (including phenoxy) is 1. The van der Waals surface area contributed by atoms with Gasteiger partial charge in [0.15, 0.2) is 0 Å². The van der Waals surface area contributed by atoms with Crippen LogP contribution in [0, 0.1) is 5.82 Å². The first-order valence-corrected chi connectivity index (χ1v) is 5.42. The van der Waals surface area contributed by atoms with Crippen LogP contribution in [0.5, 0.6) is 0 Å². The zero-order valence-corrected chi connectivity index (χ0v) is 8.58. The van der Waals surface area contributed by atoms with Crippen molar-refractivity contribution in [1.29, 1.82) is 0 Å². The van der Waals surface area contributed by atoms with E-state index in [-0.39, 0.29) is 5.82 Å². The largest absolute Gasteiger partial charge is 0.372 e. The molecule has 2 aliphatic rings. The Morgan fingerprint density at radius 2 is 2.27 bits per heavy atom. The van der Waals surface area contributed by atoms with Gasteiger partial charge in [0.05, 0.1) is 12.7 Å². The molecule has 1 saturated heterocycles. The molecular weight excluding hydrogens is 193 g/mol. The SMILES string of the molecule is Fc1ccc2c(c1)CN(C[C@@H]1CO1)CC2. The average molecular weight is 207 g/mol. The highest BCUT2D eigenvalue weighted by atomic mass is 19.1. The maximum absolute atomic E-state index is 13.1. The van der Waals surface area contributed by atoms with Gasteiger partial charge in [0.25, 0.3) is 0 Å². The zero-order chi connectivity index (χ0) is 10.3. The smallest absolute Gasteiger partial charge is 0.123 e. The summed E-state index contributed by atoms with van der Waals surface area (Å²) in [6, 6.07) is 5.13. The average Bonchev–Trinajstić information content (AvgIpc) is 3.01. The van der Waals surface area contributed by atoms with E-state index in [0.29, 0.717) is 6.10 Å². The summed E-state index contributed by atoms with van der Waals surface area (Å²) in [7, 11) is 0. The molecule has 1 fully saturated rings. The lowest BCUT2D eigenvalue weighted by Gasteiger charge is -2.28. The molecule has 2 nitrogen and oxygen atoms in total. The molecule has 3 rings (SSSR count). The minimum absolute atomic E-state index is 0.127. The fourth-order valence-corrected chi connectivity index (χ4v) is 2.20. The molecule has 0 spiro atoms. The van der Waals surface area contributed by atoms with Crippen LogP contribution in [0.1, 0.15) is 11.1 Å². The predicted octanol–water partition coefficient (Wildman–Crippen LogP) is 1.58. The Balaban J connectivity index is 1.75. The van der Waals surface area contributed by atoms with Gasteiger partial charge >= 0.3 is 0 Å². The van der Waals surface area contributed by atoms with E-state index >= 15 is 0 Å². The maximum atomic E-state index is 13.1. The second kappa shape index (κ2) is 3.58. The molecule has 0 aromatic heterocycles. The van der Waals surface area contributed by atoms with E-state index in [4.69, 9.17) is 4.74 Å². The van der Waals surface area contributed by atoms with Crippen molar-refractivity contribution < 1.29 is 9.13 Å². The number of fused-ring (bicyclic) bond motifs is 1. The number of hydrogen-bond donors (Lipinski definition) is 0. The molecule has 0 saturated carbocycles. The fraction of sp³-hybridized carbons (Fsp3) is 0.500. The van der Waals surface area contributed by atoms with Crippen LogP contribution in [0.4, 0.5) is 4.39 Å². The Labute approximate surface area is 88.6 Å². The van der Waals surface area contributed by atoms with Gasteiger partial charge < -0.3 is 4.74 Å². The Morgan fingerprint density at radius 3 is 3.07 bits per heavy atom. The van der Waals surface area contributed by atoms with Gasteiger partial charge in [-0.1, -0.05) is 6.07 Å². The van der Waals surface area contributed by atoms with Gasteiger partial charge in [-0.2, -0.15) is 0 Å². The topological polar surface area (TPSA) is 15.8 Å². The highest BCUT2D eigenvalue weighted by molar-refractivity contribution is 5.29. The van der Waals surface area contributed by atoms with Gasteiger partial charge in [0, 0.05) is 19.6 Å². The van der Waals surface area contributed by atoms with Gasteiger partial charge in [-0.15, -0.1) is 0 Å². The summed E-state index contributed by atoms with van der Waals surface area (Å²) < 4.78 is 18.3. The number of halogens is 1. The zero-order valence-electron chi connectivity index (χ0n) is 8.58. The van der Waals surface area contributed by atoms with Crippen LogP contribution in [0.25, 0.3) is 0 Å². The van der Waals surface area contributed by atoms with E-state index < -0.39 is 0 Å². The summed E-state index contributed by atoms with van der Waals surface area (Å²) in [6.45, 7) is 3.83. The lowest BCUT2D eigenvalue weighted by atomic mass is 9.99. The first-order valence-electron chi connectivity index (χ1n) is 5.42. The Kier molecular flexibility index (Phi) is 2.22. The van der Waals surface area contributed by atoms with E-state index in [9.17, 15) is 4.39 Å². The summed E-state index contributed by atoms with van der Waals surface area (Å²) in [4.78, 5) is 2.35. The molecular formula is C12H14FNO. The molecule has 1 aromatic rings. The second-order valence-corrected chi connectivity index (χ2v) is 4.35. The van der Waals surface area contributed by atoms with Crippen molar-refractivity contribution in [3.63, 3.8) is 0 Å². The number of rotatable bonds is 2. The molecule has 0 unspecified atom stereocenters. The third-order valence-electron chi connectivity index (χ3n) is 3.12. The fourth-order valence-electron chi connectivity index (χ4n) is 2.20. The lowest BCUT2D eigenvalue weighted by molar-refractivity contribution is 0.225. The van der Waals surface area contributed by atoms with Crippen LogP contribution >= 0.6 is 0 Å². The van der Waals surface area contributed by atoms with Crippen LogP contribution in [0.15, 0.2) is 18.2 Å². The minimum atomic E-state index is -0.127. The first-order chi connectivity index (χ1) is 7.31. The molecule has 80 valence electrons. The third-order valence-corrected chi connectivity index (χ3v) is 3.12. The predicted molar refractivity (Wildman–Crippen MR) is 55.1 cm³/mol. The molecule has 3 heteroatoms. The molecule has 1 atom stereocenters. The van der Waals surface area contributed by atoms with E-state index in [1.165, 1.54) is 5.56 Å². The molecule has 1 aromatic carbocycles. The summed E-state index contributed by atoms with van der Waals surface area (Å²) in [6.07, 6.45) is 1.46. The molecule has 0 radical (unpaired) electrons. The van der Waals surface area contributed by atoms with Crippen molar-refractivity contribution in [2.75, 3.05) is 19.7 Å². The van der Waals surface area contributed by atoms with Crippen molar-refractivity contribution in [1.82, 2.24) is 4.90 Å². The van der Waals surface area contributed by atoms with E-state index in [1.54, 1.807) is 12.1 Å². The molecule has 0 bridgehead atoms. The molecule has 0 aliphatic carbocycles. The van der Waals surface area contributed by atoms with Crippen LogP contribution in [-0.2, 0) is 17.7 Å². The monoisotopic (exact) mass is 207 g/mol. The molecule has 15 heavy (non-hydrogen) atoms. The highest BCUT2D eigenvalue weighted by Crippen LogP contribution is 2.21. The van der Waals surface area contributed by atoms with Gasteiger partial charge in [-0.05, 0) is 29.7 Å². The number of epoxide rings is 1. The molecule has 2 aliphatic heterocycles. The van der Waals surface area contributed by atoms with Gasteiger partial charge in [0.1, 0.15) is 5.82 Å². The van der Waals surface area contributed by atoms with Gasteiger partial charge in [-0.3, -0.25) is 4.90 Å². The van der Waals surface area contributed by atoms with E-state index in [0.717, 1.165) is 38.2 Å². The quantitative estimate of drug-likeness (QED) is 0.684. The van der Waals surface area contributed by atoms with E-state index in [2.05, 4.69) is 4.90 Å². The normalized spacial score (nSPS) is 25.0. The minimum Gasteiger partial charge on any atom is -0.372 e. The van der Waals surface area contributed by atoms with Gasteiger partial charge in [-0.25, -0.2) is 4.39 Å². The number of benzene rings is 1. The molecule has 2 heterocycles.